The average molecular weight is 291 g/mol. The summed E-state index contributed by atoms with van der Waals surface area (Å²) in [5.41, 5.74) is 1.45. The number of rotatable bonds is 2. The topological polar surface area (TPSA) is 51.8 Å². The maximum absolute atomic E-state index is 13.9. The quantitative estimate of drug-likeness (QED) is 0.558. The van der Waals surface area contributed by atoms with Gasteiger partial charge in [-0.1, -0.05) is 24.3 Å². The lowest BCUT2D eigenvalue weighted by molar-refractivity contribution is 0.584. The van der Waals surface area contributed by atoms with Crippen LogP contribution >= 0.6 is 0 Å². The molecule has 0 radical (unpaired) electrons. The molecular formula is C17H10FN3O. The molecule has 2 aromatic heterocycles. The predicted molar refractivity (Wildman–Crippen MR) is 80.4 cm³/mol. The van der Waals surface area contributed by atoms with Crippen LogP contribution in [0.15, 0.2) is 65.3 Å². The third-order valence-corrected chi connectivity index (χ3v) is 3.43. The summed E-state index contributed by atoms with van der Waals surface area (Å²) in [7, 11) is 0. The van der Waals surface area contributed by atoms with E-state index in [2.05, 4.69) is 15.2 Å². The molecule has 0 saturated carbocycles. The van der Waals surface area contributed by atoms with Crippen LogP contribution in [0, 0.1) is 5.82 Å². The Hall–Kier alpha value is -3.08. The van der Waals surface area contributed by atoms with Gasteiger partial charge in [0.2, 0.25) is 11.8 Å². The molecule has 0 bridgehead atoms. The Morgan fingerprint density at radius 2 is 1.64 bits per heavy atom. The minimum Gasteiger partial charge on any atom is -0.416 e. The highest BCUT2D eigenvalue weighted by molar-refractivity contribution is 5.95. The van der Waals surface area contributed by atoms with Crippen LogP contribution in [-0.2, 0) is 0 Å². The van der Waals surface area contributed by atoms with E-state index in [0.29, 0.717) is 22.7 Å². The van der Waals surface area contributed by atoms with E-state index in [-0.39, 0.29) is 5.82 Å². The Kier molecular flexibility index (Phi) is 2.89. The molecule has 2 aromatic carbocycles. The number of nitrogens with zero attached hydrogens (tertiary/aromatic N) is 3. The highest BCUT2D eigenvalue weighted by Crippen LogP contribution is 2.30. The molecule has 0 aliphatic heterocycles. The summed E-state index contributed by atoms with van der Waals surface area (Å²) >= 11 is 0. The van der Waals surface area contributed by atoms with Crippen molar-refractivity contribution in [1.82, 2.24) is 15.2 Å². The van der Waals surface area contributed by atoms with Gasteiger partial charge in [0.1, 0.15) is 5.82 Å². The van der Waals surface area contributed by atoms with Crippen LogP contribution < -0.4 is 0 Å². The van der Waals surface area contributed by atoms with Gasteiger partial charge < -0.3 is 4.42 Å². The molecule has 0 saturated heterocycles. The summed E-state index contributed by atoms with van der Waals surface area (Å²) in [6, 6.07) is 13.9. The molecule has 4 aromatic rings. The summed E-state index contributed by atoms with van der Waals surface area (Å²) in [5, 5.41) is 9.39. The number of hydrogen-bond acceptors (Lipinski definition) is 4. The second kappa shape index (κ2) is 5.04. The van der Waals surface area contributed by atoms with Crippen molar-refractivity contribution in [3.63, 3.8) is 0 Å². The van der Waals surface area contributed by atoms with Gasteiger partial charge in [0.15, 0.2) is 0 Å². The minimum absolute atomic E-state index is 0.272. The molecule has 106 valence electrons. The maximum atomic E-state index is 13.9. The summed E-state index contributed by atoms with van der Waals surface area (Å²) in [6.45, 7) is 0. The Balaban J connectivity index is 1.87. The van der Waals surface area contributed by atoms with Gasteiger partial charge >= 0.3 is 0 Å². The normalized spacial score (nSPS) is 11.0. The molecule has 4 rings (SSSR count). The van der Waals surface area contributed by atoms with Gasteiger partial charge in [-0.15, -0.1) is 10.2 Å². The van der Waals surface area contributed by atoms with Crippen molar-refractivity contribution in [2.24, 2.45) is 0 Å². The number of pyridine rings is 1. The third kappa shape index (κ3) is 2.03. The largest absolute Gasteiger partial charge is 0.416 e. The minimum atomic E-state index is -0.272. The van der Waals surface area contributed by atoms with Crippen LogP contribution in [0.1, 0.15) is 0 Å². The van der Waals surface area contributed by atoms with E-state index in [0.717, 1.165) is 10.9 Å². The fraction of sp³-hybridized carbons (Fsp3) is 0. The van der Waals surface area contributed by atoms with Gasteiger partial charge in [-0.3, -0.25) is 4.98 Å². The molecule has 0 aliphatic rings. The molecule has 22 heavy (non-hydrogen) atoms. The highest BCUT2D eigenvalue weighted by atomic mass is 19.1. The summed E-state index contributed by atoms with van der Waals surface area (Å²) in [5.74, 6) is 0.470. The second-order valence-corrected chi connectivity index (χ2v) is 4.79. The molecule has 0 atom stereocenters. The summed E-state index contributed by atoms with van der Waals surface area (Å²) < 4.78 is 19.6. The Morgan fingerprint density at radius 1 is 0.818 bits per heavy atom. The number of aromatic nitrogens is 3. The molecule has 0 aliphatic carbocycles. The van der Waals surface area contributed by atoms with Crippen LogP contribution in [0.25, 0.3) is 33.7 Å². The molecule has 2 heterocycles. The predicted octanol–water partition coefficient (Wildman–Crippen LogP) is 4.09. The first kappa shape index (κ1) is 12.6. The zero-order valence-electron chi connectivity index (χ0n) is 11.4. The second-order valence-electron chi connectivity index (χ2n) is 4.79. The van der Waals surface area contributed by atoms with Gasteiger partial charge in [-0.05, 0) is 29.7 Å². The van der Waals surface area contributed by atoms with Crippen LogP contribution in [0.2, 0.25) is 0 Å². The van der Waals surface area contributed by atoms with Crippen LogP contribution in [0.5, 0.6) is 0 Å². The summed E-state index contributed by atoms with van der Waals surface area (Å²) in [4.78, 5) is 4.03. The first-order valence-corrected chi connectivity index (χ1v) is 6.74. The van der Waals surface area contributed by atoms with Crippen LogP contribution in [0.3, 0.4) is 0 Å². The third-order valence-electron chi connectivity index (χ3n) is 3.43. The van der Waals surface area contributed by atoms with Crippen molar-refractivity contribution in [2.75, 3.05) is 0 Å². The van der Waals surface area contributed by atoms with Gasteiger partial charge in [0.25, 0.3) is 0 Å². The highest BCUT2D eigenvalue weighted by Gasteiger charge is 2.14. The number of benzene rings is 2. The number of fused-ring (bicyclic) bond motifs is 1. The van der Waals surface area contributed by atoms with E-state index in [4.69, 9.17) is 4.42 Å². The molecular weight excluding hydrogens is 281 g/mol. The van der Waals surface area contributed by atoms with Crippen molar-refractivity contribution in [3.8, 4) is 22.9 Å². The van der Waals surface area contributed by atoms with Gasteiger partial charge in [-0.2, -0.15) is 0 Å². The smallest absolute Gasteiger partial charge is 0.249 e. The van der Waals surface area contributed by atoms with E-state index in [1.165, 1.54) is 6.07 Å². The first-order chi connectivity index (χ1) is 10.8. The zero-order valence-corrected chi connectivity index (χ0v) is 11.4. The number of halogens is 1. The van der Waals surface area contributed by atoms with Crippen LogP contribution in [0.4, 0.5) is 4.39 Å². The van der Waals surface area contributed by atoms with Crippen molar-refractivity contribution in [2.45, 2.75) is 0 Å². The molecule has 4 nitrogen and oxygen atoms in total. The van der Waals surface area contributed by atoms with Gasteiger partial charge in [0.05, 0.1) is 5.56 Å². The molecule has 0 fully saturated rings. The van der Waals surface area contributed by atoms with Gasteiger partial charge in [0, 0.05) is 23.3 Å². The zero-order chi connectivity index (χ0) is 14.9. The molecule has 0 amide bonds. The summed E-state index contributed by atoms with van der Waals surface area (Å²) in [6.07, 6.45) is 3.33. The lowest BCUT2D eigenvalue weighted by Crippen LogP contribution is -1.85. The van der Waals surface area contributed by atoms with E-state index in [1.54, 1.807) is 36.7 Å². The Bertz CT molecular complexity index is 950. The van der Waals surface area contributed by atoms with E-state index in [9.17, 15) is 4.39 Å². The number of hydrogen-bond donors (Lipinski definition) is 0. The molecule has 0 N–H and O–H groups in total. The van der Waals surface area contributed by atoms with Crippen molar-refractivity contribution < 1.29 is 8.81 Å². The van der Waals surface area contributed by atoms with E-state index < -0.39 is 0 Å². The molecule has 0 unspecified atom stereocenters. The fourth-order valence-electron chi connectivity index (χ4n) is 2.39. The van der Waals surface area contributed by atoms with E-state index in [1.807, 2.05) is 18.2 Å². The molecule has 0 spiro atoms. The van der Waals surface area contributed by atoms with Crippen LogP contribution in [-0.4, -0.2) is 15.2 Å². The lowest BCUT2D eigenvalue weighted by Gasteiger charge is -2.03. The monoisotopic (exact) mass is 291 g/mol. The SMILES string of the molecule is Fc1ccc(-c2nnc(-c3cccnc3)o2)c2ccccc12. The Morgan fingerprint density at radius 3 is 2.45 bits per heavy atom. The maximum Gasteiger partial charge on any atom is 0.249 e. The standard InChI is InChI=1S/C17H10FN3O/c18-15-8-7-14(12-5-1-2-6-13(12)15)17-21-20-16(22-17)11-4-3-9-19-10-11/h1-10H. The van der Waals surface area contributed by atoms with Crippen molar-refractivity contribution >= 4 is 10.8 Å². The Labute approximate surface area is 125 Å². The molecule has 5 heteroatoms. The lowest BCUT2D eigenvalue weighted by atomic mass is 10.0. The van der Waals surface area contributed by atoms with Gasteiger partial charge in [-0.25, -0.2) is 4.39 Å². The van der Waals surface area contributed by atoms with Crippen molar-refractivity contribution in [1.29, 1.82) is 0 Å². The fourth-order valence-corrected chi connectivity index (χ4v) is 2.39. The van der Waals surface area contributed by atoms with Crippen molar-refractivity contribution in [3.05, 3.63) is 66.7 Å². The first-order valence-electron chi connectivity index (χ1n) is 6.74. The van der Waals surface area contributed by atoms with E-state index >= 15 is 0 Å². The average Bonchev–Trinajstić information content (AvgIpc) is 3.06.